The SMILES string of the molecule is CCN(CC(=O)Nc1ccc(C)cc1Cl)Cc1ccc(Br)s1. The van der Waals surface area contributed by atoms with E-state index in [1.54, 1.807) is 11.3 Å². The van der Waals surface area contributed by atoms with Gasteiger partial charge in [-0.15, -0.1) is 11.3 Å². The lowest BCUT2D eigenvalue weighted by Crippen LogP contribution is -2.32. The van der Waals surface area contributed by atoms with E-state index in [0.29, 0.717) is 17.3 Å². The van der Waals surface area contributed by atoms with E-state index in [-0.39, 0.29) is 5.91 Å². The molecular weight excluding hydrogens is 384 g/mol. The van der Waals surface area contributed by atoms with Gasteiger partial charge in [-0.1, -0.05) is 24.6 Å². The second-order valence-electron chi connectivity index (χ2n) is 5.04. The predicted octanol–water partition coefficient (Wildman–Crippen LogP) is 4.93. The number of nitrogens with zero attached hydrogens (tertiary/aromatic N) is 1. The highest BCUT2D eigenvalue weighted by Crippen LogP contribution is 2.24. The van der Waals surface area contributed by atoms with Crippen LogP contribution in [0.3, 0.4) is 0 Å². The number of hydrogen-bond acceptors (Lipinski definition) is 3. The molecule has 1 amide bonds. The van der Waals surface area contributed by atoms with Crippen LogP contribution in [-0.2, 0) is 11.3 Å². The molecule has 1 heterocycles. The Hall–Kier alpha value is -0.880. The summed E-state index contributed by atoms with van der Waals surface area (Å²) in [5, 5.41) is 3.44. The second kappa shape index (κ2) is 8.11. The van der Waals surface area contributed by atoms with Crippen LogP contribution in [0.5, 0.6) is 0 Å². The Balaban J connectivity index is 1.94. The van der Waals surface area contributed by atoms with Crippen LogP contribution in [0, 0.1) is 6.92 Å². The zero-order valence-corrected chi connectivity index (χ0v) is 15.7. The summed E-state index contributed by atoms with van der Waals surface area (Å²) in [6.45, 7) is 5.94. The maximum atomic E-state index is 12.2. The van der Waals surface area contributed by atoms with E-state index in [4.69, 9.17) is 11.6 Å². The first kappa shape index (κ1) is 17.5. The minimum absolute atomic E-state index is 0.0526. The Bertz CT molecular complexity index is 659. The number of likely N-dealkylation sites (N-methyl/N-ethyl adjacent to an activating group) is 1. The molecule has 1 N–H and O–H groups in total. The van der Waals surface area contributed by atoms with Crippen LogP contribution < -0.4 is 5.32 Å². The van der Waals surface area contributed by atoms with Crippen LogP contribution in [0.1, 0.15) is 17.4 Å². The number of halogens is 2. The molecule has 1 aromatic carbocycles. The van der Waals surface area contributed by atoms with Crippen molar-refractivity contribution >= 4 is 50.5 Å². The molecule has 3 nitrogen and oxygen atoms in total. The summed E-state index contributed by atoms with van der Waals surface area (Å²) >= 11 is 11.3. The molecule has 0 radical (unpaired) electrons. The smallest absolute Gasteiger partial charge is 0.238 e. The van der Waals surface area contributed by atoms with Crippen molar-refractivity contribution < 1.29 is 4.79 Å². The Morgan fingerprint density at radius 1 is 1.36 bits per heavy atom. The highest BCUT2D eigenvalue weighted by molar-refractivity contribution is 9.11. The topological polar surface area (TPSA) is 32.3 Å². The van der Waals surface area contributed by atoms with Gasteiger partial charge in [-0.05, 0) is 59.2 Å². The van der Waals surface area contributed by atoms with Crippen molar-refractivity contribution in [1.29, 1.82) is 0 Å². The van der Waals surface area contributed by atoms with Crippen LogP contribution >= 0.6 is 38.9 Å². The summed E-state index contributed by atoms with van der Waals surface area (Å²) in [6, 6.07) is 9.72. The van der Waals surface area contributed by atoms with Gasteiger partial charge in [0.05, 0.1) is 21.0 Å². The fourth-order valence-corrected chi connectivity index (χ4v) is 3.86. The van der Waals surface area contributed by atoms with Gasteiger partial charge in [-0.3, -0.25) is 9.69 Å². The van der Waals surface area contributed by atoms with Gasteiger partial charge in [0.25, 0.3) is 0 Å². The Morgan fingerprint density at radius 3 is 2.73 bits per heavy atom. The summed E-state index contributed by atoms with van der Waals surface area (Å²) in [6.07, 6.45) is 0. The van der Waals surface area contributed by atoms with Crippen LogP contribution in [0.4, 0.5) is 5.69 Å². The fourth-order valence-electron chi connectivity index (χ4n) is 2.05. The number of hydrogen-bond donors (Lipinski definition) is 1. The molecule has 1 aromatic heterocycles. The predicted molar refractivity (Wildman–Crippen MR) is 97.8 cm³/mol. The van der Waals surface area contributed by atoms with Gasteiger partial charge in [0.1, 0.15) is 0 Å². The van der Waals surface area contributed by atoms with Gasteiger partial charge in [0.15, 0.2) is 0 Å². The molecule has 0 unspecified atom stereocenters. The standard InChI is InChI=1S/C16H18BrClN2OS/c1-3-20(9-12-5-7-15(17)22-12)10-16(21)19-14-6-4-11(2)8-13(14)18/h4-8H,3,9-10H2,1-2H3,(H,19,21). The highest BCUT2D eigenvalue weighted by atomic mass is 79.9. The van der Waals surface area contributed by atoms with E-state index < -0.39 is 0 Å². The third-order valence-electron chi connectivity index (χ3n) is 3.22. The molecule has 0 aliphatic carbocycles. The third-order valence-corrected chi connectivity index (χ3v) is 5.14. The monoisotopic (exact) mass is 400 g/mol. The minimum atomic E-state index is -0.0526. The van der Waals surface area contributed by atoms with E-state index in [1.807, 2.05) is 31.2 Å². The van der Waals surface area contributed by atoms with Gasteiger partial charge in [0, 0.05) is 11.4 Å². The first-order chi connectivity index (χ1) is 10.5. The molecule has 6 heteroatoms. The van der Waals surface area contributed by atoms with Crippen molar-refractivity contribution in [3.8, 4) is 0 Å². The maximum Gasteiger partial charge on any atom is 0.238 e. The zero-order chi connectivity index (χ0) is 16.1. The lowest BCUT2D eigenvalue weighted by molar-refractivity contribution is -0.117. The molecule has 0 saturated heterocycles. The second-order valence-corrected chi connectivity index (χ2v) is 8.00. The number of anilines is 1. The van der Waals surface area contributed by atoms with Gasteiger partial charge >= 0.3 is 0 Å². The quantitative estimate of drug-likeness (QED) is 0.744. The van der Waals surface area contributed by atoms with Crippen molar-refractivity contribution in [2.75, 3.05) is 18.4 Å². The van der Waals surface area contributed by atoms with Gasteiger partial charge < -0.3 is 5.32 Å². The number of benzene rings is 1. The van der Waals surface area contributed by atoms with Crippen LogP contribution in [0.15, 0.2) is 34.1 Å². The van der Waals surface area contributed by atoms with Crippen molar-refractivity contribution in [2.45, 2.75) is 20.4 Å². The number of nitrogens with one attached hydrogen (secondary N) is 1. The average molecular weight is 402 g/mol. The summed E-state index contributed by atoms with van der Waals surface area (Å²) in [4.78, 5) is 15.5. The van der Waals surface area contributed by atoms with Crippen LogP contribution in [-0.4, -0.2) is 23.9 Å². The maximum absolute atomic E-state index is 12.2. The summed E-state index contributed by atoms with van der Waals surface area (Å²) in [5.74, 6) is -0.0526. The molecule has 0 spiro atoms. The zero-order valence-electron chi connectivity index (χ0n) is 12.5. The Morgan fingerprint density at radius 2 is 2.14 bits per heavy atom. The molecule has 0 fully saturated rings. The molecule has 0 aliphatic heterocycles. The molecule has 0 saturated carbocycles. The molecule has 0 atom stereocenters. The molecule has 22 heavy (non-hydrogen) atoms. The largest absolute Gasteiger partial charge is 0.324 e. The third kappa shape index (κ3) is 5.09. The van der Waals surface area contributed by atoms with E-state index in [1.165, 1.54) is 4.88 Å². The van der Waals surface area contributed by atoms with E-state index in [9.17, 15) is 4.79 Å². The first-order valence-corrected chi connectivity index (χ1v) is 8.99. The van der Waals surface area contributed by atoms with E-state index in [0.717, 1.165) is 22.4 Å². The van der Waals surface area contributed by atoms with Gasteiger partial charge in [-0.2, -0.15) is 0 Å². The summed E-state index contributed by atoms with van der Waals surface area (Å²) in [7, 11) is 0. The van der Waals surface area contributed by atoms with Crippen molar-refractivity contribution in [3.63, 3.8) is 0 Å². The molecule has 0 aliphatic rings. The first-order valence-electron chi connectivity index (χ1n) is 7.00. The van der Waals surface area contributed by atoms with Crippen LogP contribution in [0.2, 0.25) is 5.02 Å². The van der Waals surface area contributed by atoms with Crippen LogP contribution in [0.25, 0.3) is 0 Å². The number of aryl methyl sites for hydroxylation is 1. The van der Waals surface area contributed by atoms with E-state index in [2.05, 4.69) is 39.1 Å². The molecule has 2 rings (SSSR count). The number of rotatable bonds is 6. The normalized spacial score (nSPS) is 11.0. The van der Waals surface area contributed by atoms with Crippen molar-refractivity contribution in [2.24, 2.45) is 0 Å². The summed E-state index contributed by atoms with van der Waals surface area (Å²) < 4.78 is 1.11. The summed E-state index contributed by atoms with van der Waals surface area (Å²) in [5.41, 5.74) is 1.73. The number of amides is 1. The van der Waals surface area contributed by atoms with Crippen molar-refractivity contribution in [1.82, 2.24) is 4.90 Å². The Labute approximate surface area is 148 Å². The minimum Gasteiger partial charge on any atom is -0.324 e. The van der Waals surface area contributed by atoms with Gasteiger partial charge in [0.2, 0.25) is 5.91 Å². The molecule has 0 bridgehead atoms. The number of carbonyl (C=O) groups excluding carboxylic acids is 1. The van der Waals surface area contributed by atoms with Gasteiger partial charge in [-0.25, -0.2) is 0 Å². The average Bonchev–Trinajstić information content (AvgIpc) is 2.86. The molecular formula is C16H18BrClN2OS. The van der Waals surface area contributed by atoms with Crippen molar-refractivity contribution in [3.05, 3.63) is 49.6 Å². The Kier molecular flexibility index (Phi) is 6.44. The number of carbonyl (C=O) groups is 1. The lowest BCUT2D eigenvalue weighted by Gasteiger charge is -2.19. The molecule has 118 valence electrons. The van der Waals surface area contributed by atoms with E-state index >= 15 is 0 Å². The lowest BCUT2D eigenvalue weighted by atomic mass is 10.2. The highest BCUT2D eigenvalue weighted by Gasteiger charge is 2.12. The molecule has 2 aromatic rings. The number of thiophene rings is 1. The fraction of sp³-hybridized carbons (Fsp3) is 0.312.